The van der Waals surface area contributed by atoms with Gasteiger partial charge in [-0.3, -0.25) is 0 Å². The van der Waals surface area contributed by atoms with Crippen LogP contribution in [0, 0.1) is 0 Å². The van der Waals surface area contributed by atoms with Gasteiger partial charge in [-0.1, -0.05) is 12.1 Å². The number of hydrogen-bond donors (Lipinski definition) is 1. The molecular weight excluding hydrogens is 312 g/mol. The van der Waals surface area contributed by atoms with Gasteiger partial charge in [0.1, 0.15) is 6.61 Å². The van der Waals surface area contributed by atoms with Gasteiger partial charge in [-0.15, -0.1) is 5.10 Å². The second kappa shape index (κ2) is 6.42. The van der Waals surface area contributed by atoms with E-state index in [-0.39, 0.29) is 5.95 Å². The summed E-state index contributed by atoms with van der Waals surface area (Å²) in [7, 11) is 0. The lowest BCUT2D eigenvalue weighted by atomic mass is 10.3. The monoisotopic (exact) mass is 326 g/mol. The first-order valence-electron chi connectivity index (χ1n) is 5.91. The number of nitrogens with two attached hydrogens (primary N) is 1. The van der Waals surface area contributed by atoms with Gasteiger partial charge in [0.15, 0.2) is 16.2 Å². The fourth-order valence-corrected chi connectivity index (χ4v) is 2.01. The molecule has 0 aliphatic carbocycles. The zero-order chi connectivity index (χ0) is 13.7. The Morgan fingerprint density at radius 3 is 2.53 bits per heavy atom. The van der Waals surface area contributed by atoms with E-state index >= 15 is 0 Å². The fraction of sp³-hybridized carbons (Fsp3) is 0.333. The van der Waals surface area contributed by atoms with Gasteiger partial charge in [0.2, 0.25) is 5.95 Å². The third kappa shape index (κ3) is 3.60. The van der Waals surface area contributed by atoms with Gasteiger partial charge < -0.3 is 15.2 Å². The number of para-hydroxylation sites is 2. The topological polar surface area (TPSA) is 75.2 Å². The minimum Gasteiger partial charge on any atom is -0.490 e. The number of nitrogens with zero attached hydrogens (tertiary/aromatic N) is 3. The summed E-state index contributed by atoms with van der Waals surface area (Å²) in [6.07, 6.45) is 0. The van der Waals surface area contributed by atoms with Gasteiger partial charge in [0.25, 0.3) is 0 Å². The molecule has 0 saturated heterocycles. The Morgan fingerprint density at radius 1 is 1.26 bits per heavy atom. The average molecular weight is 327 g/mol. The Balaban J connectivity index is 1.94. The van der Waals surface area contributed by atoms with Crippen LogP contribution in [0.25, 0.3) is 0 Å². The lowest BCUT2D eigenvalue weighted by Crippen LogP contribution is -2.10. The van der Waals surface area contributed by atoms with Crippen molar-refractivity contribution in [1.82, 2.24) is 14.8 Å². The van der Waals surface area contributed by atoms with Crippen molar-refractivity contribution in [3.63, 3.8) is 0 Å². The summed E-state index contributed by atoms with van der Waals surface area (Å²) in [5.74, 6) is 1.69. The molecule has 1 aromatic heterocycles. The van der Waals surface area contributed by atoms with Crippen LogP contribution in [0.4, 0.5) is 5.95 Å². The van der Waals surface area contributed by atoms with Gasteiger partial charge >= 0.3 is 0 Å². The molecule has 2 rings (SSSR count). The van der Waals surface area contributed by atoms with E-state index in [2.05, 4.69) is 26.0 Å². The van der Waals surface area contributed by atoms with E-state index in [9.17, 15) is 0 Å². The molecule has 0 fully saturated rings. The molecule has 6 nitrogen and oxygen atoms in total. The highest BCUT2D eigenvalue weighted by Crippen LogP contribution is 2.26. The molecule has 0 bridgehead atoms. The molecule has 0 aliphatic heterocycles. The molecule has 7 heteroatoms. The van der Waals surface area contributed by atoms with Gasteiger partial charge in [-0.25, -0.2) is 4.68 Å². The summed E-state index contributed by atoms with van der Waals surface area (Å²) in [6, 6.07) is 7.56. The minimum atomic E-state index is 0.238. The van der Waals surface area contributed by atoms with Crippen molar-refractivity contribution in [1.29, 1.82) is 0 Å². The standard InChI is InChI=1S/C12H15BrN4O2/c1-2-18-9-5-3-4-6-10(9)19-8-7-17-11(13)15-12(14)16-17/h3-6H,2,7-8H2,1H3,(H2,14,16). The predicted octanol–water partition coefficient (Wildman–Crippen LogP) is 2.10. The number of benzene rings is 1. The molecule has 1 aromatic carbocycles. The summed E-state index contributed by atoms with van der Waals surface area (Å²) >= 11 is 3.27. The Bertz CT molecular complexity index is 544. The molecule has 102 valence electrons. The molecule has 0 radical (unpaired) electrons. The summed E-state index contributed by atoms with van der Waals surface area (Å²) in [4.78, 5) is 3.95. The highest BCUT2D eigenvalue weighted by molar-refractivity contribution is 9.10. The number of halogens is 1. The van der Waals surface area contributed by atoms with Gasteiger partial charge in [0.05, 0.1) is 13.2 Å². The number of aromatic nitrogens is 3. The maximum atomic E-state index is 5.68. The van der Waals surface area contributed by atoms with Crippen LogP contribution in [0.1, 0.15) is 6.92 Å². The van der Waals surface area contributed by atoms with Gasteiger partial charge in [-0.05, 0) is 35.0 Å². The zero-order valence-electron chi connectivity index (χ0n) is 10.5. The first-order valence-corrected chi connectivity index (χ1v) is 6.70. The Kier molecular flexibility index (Phi) is 4.62. The van der Waals surface area contributed by atoms with E-state index in [0.29, 0.717) is 30.2 Å². The number of ether oxygens (including phenoxy) is 2. The molecule has 1 heterocycles. The number of rotatable bonds is 6. The van der Waals surface area contributed by atoms with Crippen molar-refractivity contribution in [2.24, 2.45) is 0 Å². The lowest BCUT2D eigenvalue weighted by molar-refractivity contribution is 0.261. The largest absolute Gasteiger partial charge is 0.490 e. The van der Waals surface area contributed by atoms with Crippen LogP contribution in [0.3, 0.4) is 0 Å². The van der Waals surface area contributed by atoms with E-state index in [4.69, 9.17) is 15.2 Å². The highest BCUT2D eigenvalue weighted by atomic mass is 79.9. The lowest BCUT2D eigenvalue weighted by Gasteiger charge is -2.11. The quantitative estimate of drug-likeness (QED) is 0.879. The van der Waals surface area contributed by atoms with Crippen molar-refractivity contribution in [2.45, 2.75) is 13.5 Å². The summed E-state index contributed by atoms with van der Waals surface area (Å²) in [5.41, 5.74) is 5.49. The molecular formula is C12H15BrN4O2. The first kappa shape index (κ1) is 13.7. The van der Waals surface area contributed by atoms with E-state index in [1.54, 1.807) is 4.68 Å². The summed E-state index contributed by atoms with van der Waals surface area (Å²) < 4.78 is 13.4. The van der Waals surface area contributed by atoms with Gasteiger partial charge in [0, 0.05) is 0 Å². The maximum absolute atomic E-state index is 5.68. The third-order valence-corrected chi connectivity index (χ3v) is 2.94. The summed E-state index contributed by atoms with van der Waals surface area (Å²) in [5, 5.41) is 4.03. The van der Waals surface area contributed by atoms with Crippen LogP contribution in [0.15, 0.2) is 29.0 Å². The van der Waals surface area contributed by atoms with E-state index < -0.39 is 0 Å². The molecule has 2 aromatic rings. The highest BCUT2D eigenvalue weighted by Gasteiger charge is 2.06. The molecule has 19 heavy (non-hydrogen) atoms. The molecule has 0 atom stereocenters. The smallest absolute Gasteiger partial charge is 0.240 e. The average Bonchev–Trinajstić information content (AvgIpc) is 2.70. The van der Waals surface area contributed by atoms with Crippen LogP contribution in [-0.2, 0) is 6.54 Å². The van der Waals surface area contributed by atoms with Crippen molar-refractivity contribution < 1.29 is 9.47 Å². The van der Waals surface area contributed by atoms with Crippen LogP contribution in [-0.4, -0.2) is 28.0 Å². The van der Waals surface area contributed by atoms with Crippen LogP contribution < -0.4 is 15.2 Å². The van der Waals surface area contributed by atoms with Crippen molar-refractivity contribution in [3.05, 3.63) is 29.0 Å². The van der Waals surface area contributed by atoms with Crippen molar-refractivity contribution in [3.8, 4) is 11.5 Å². The second-order valence-electron chi connectivity index (χ2n) is 3.69. The van der Waals surface area contributed by atoms with Gasteiger partial charge in [-0.2, -0.15) is 4.98 Å². The minimum absolute atomic E-state index is 0.238. The van der Waals surface area contributed by atoms with E-state index in [1.807, 2.05) is 31.2 Å². The Hall–Kier alpha value is -1.76. The SMILES string of the molecule is CCOc1ccccc1OCCn1nc(N)nc1Br. The molecule has 0 spiro atoms. The normalized spacial score (nSPS) is 10.4. The molecule has 0 unspecified atom stereocenters. The number of hydrogen-bond acceptors (Lipinski definition) is 5. The van der Waals surface area contributed by atoms with E-state index in [1.165, 1.54) is 0 Å². The van der Waals surface area contributed by atoms with Crippen molar-refractivity contribution in [2.75, 3.05) is 18.9 Å². The molecule has 2 N–H and O–H groups in total. The Labute approximate surface area is 119 Å². The zero-order valence-corrected chi connectivity index (χ0v) is 12.1. The molecule has 0 amide bonds. The molecule has 0 aliphatic rings. The van der Waals surface area contributed by atoms with Crippen LogP contribution in [0.2, 0.25) is 0 Å². The number of nitrogen functional groups attached to an aromatic ring is 1. The second-order valence-corrected chi connectivity index (χ2v) is 4.40. The van der Waals surface area contributed by atoms with Crippen LogP contribution in [0.5, 0.6) is 11.5 Å². The van der Waals surface area contributed by atoms with E-state index in [0.717, 1.165) is 5.75 Å². The maximum Gasteiger partial charge on any atom is 0.240 e. The summed E-state index contributed by atoms with van der Waals surface area (Å²) in [6.45, 7) is 3.54. The van der Waals surface area contributed by atoms with Crippen molar-refractivity contribution >= 4 is 21.9 Å². The van der Waals surface area contributed by atoms with Crippen LogP contribution >= 0.6 is 15.9 Å². The predicted molar refractivity (Wildman–Crippen MR) is 75.2 cm³/mol. The molecule has 0 saturated carbocycles. The first-order chi connectivity index (χ1) is 9.20. The number of anilines is 1. The Morgan fingerprint density at radius 2 is 1.95 bits per heavy atom. The third-order valence-electron chi connectivity index (χ3n) is 2.35. The fourth-order valence-electron chi connectivity index (χ4n) is 1.57.